The summed E-state index contributed by atoms with van der Waals surface area (Å²) in [4.78, 5) is 0. The lowest BCUT2D eigenvalue weighted by atomic mass is 9.74. The lowest BCUT2D eigenvalue weighted by Gasteiger charge is -2.32. The normalized spacial score (nSPS) is 37.1. The summed E-state index contributed by atoms with van der Waals surface area (Å²) in [5, 5.41) is 3.57. The summed E-state index contributed by atoms with van der Waals surface area (Å²) in [6.07, 6.45) is 6.96. The van der Waals surface area contributed by atoms with Crippen LogP contribution >= 0.6 is 0 Å². The Morgan fingerprint density at radius 2 is 2.21 bits per heavy atom. The van der Waals surface area contributed by atoms with Crippen molar-refractivity contribution in [2.45, 2.75) is 45.1 Å². The molecule has 1 N–H and O–H groups in total. The van der Waals surface area contributed by atoms with Crippen molar-refractivity contribution in [3.05, 3.63) is 0 Å². The molecule has 1 unspecified atom stereocenters. The largest absolute Gasteiger partial charge is 0.380 e. The standard InChI is InChI=1S/C12H23NO/c1-10-7-11(8-10)3-2-5-13-12-4-6-14-9-12/h10-13H,2-9H2,1H3. The Labute approximate surface area is 87.4 Å². The molecule has 1 aliphatic carbocycles. The fourth-order valence-corrected chi connectivity index (χ4v) is 2.70. The molecule has 2 nitrogen and oxygen atoms in total. The van der Waals surface area contributed by atoms with Crippen LogP contribution < -0.4 is 5.32 Å². The lowest BCUT2D eigenvalue weighted by Crippen LogP contribution is -2.30. The van der Waals surface area contributed by atoms with Gasteiger partial charge in [-0.3, -0.25) is 0 Å². The van der Waals surface area contributed by atoms with Crippen molar-refractivity contribution in [2.75, 3.05) is 19.8 Å². The Hall–Kier alpha value is -0.0800. The molecule has 1 heterocycles. The number of rotatable bonds is 5. The third-order valence-electron chi connectivity index (χ3n) is 3.62. The van der Waals surface area contributed by atoms with E-state index >= 15 is 0 Å². The van der Waals surface area contributed by atoms with Crippen LogP contribution in [-0.4, -0.2) is 25.8 Å². The van der Waals surface area contributed by atoms with E-state index in [9.17, 15) is 0 Å². The first-order valence-electron chi connectivity index (χ1n) is 6.15. The average molecular weight is 197 g/mol. The van der Waals surface area contributed by atoms with Gasteiger partial charge in [0.15, 0.2) is 0 Å². The minimum absolute atomic E-state index is 0.648. The number of hydrogen-bond donors (Lipinski definition) is 1. The minimum Gasteiger partial charge on any atom is -0.380 e. The molecule has 1 aliphatic heterocycles. The Kier molecular flexibility index (Phi) is 3.82. The van der Waals surface area contributed by atoms with Crippen molar-refractivity contribution < 1.29 is 4.74 Å². The molecule has 1 saturated heterocycles. The fourth-order valence-electron chi connectivity index (χ4n) is 2.70. The predicted octanol–water partition coefficient (Wildman–Crippen LogP) is 2.19. The van der Waals surface area contributed by atoms with Crippen molar-refractivity contribution in [2.24, 2.45) is 11.8 Å². The van der Waals surface area contributed by atoms with E-state index in [1.54, 1.807) is 0 Å². The monoisotopic (exact) mass is 197 g/mol. The van der Waals surface area contributed by atoms with Crippen molar-refractivity contribution >= 4 is 0 Å². The molecule has 0 spiro atoms. The Morgan fingerprint density at radius 1 is 1.36 bits per heavy atom. The molecule has 0 aromatic rings. The van der Waals surface area contributed by atoms with Gasteiger partial charge in [0.05, 0.1) is 6.61 Å². The Balaban J connectivity index is 1.43. The topological polar surface area (TPSA) is 21.3 Å². The van der Waals surface area contributed by atoms with Crippen molar-refractivity contribution in [1.82, 2.24) is 5.32 Å². The molecule has 2 heteroatoms. The summed E-state index contributed by atoms with van der Waals surface area (Å²) in [5.41, 5.74) is 0. The highest BCUT2D eigenvalue weighted by molar-refractivity contribution is 4.77. The second-order valence-electron chi connectivity index (χ2n) is 5.10. The maximum absolute atomic E-state index is 5.32. The summed E-state index contributed by atoms with van der Waals surface area (Å²) < 4.78 is 5.32. The molecule has 1 saturated carbocycles. The predicted molar refractivity (Wildman–Crippen MR) is 58.3 cm³/mol. The van der Waals surface area contributed by atoms with Gasteiger partial charge in [0, 0.05) is 12.6 Å². The fraction of sp³-hybridized carbons (Fsp3) is 1.00. The zero-order valence-corrected chi connectivity index (χ0v) is 9.30. The maximum Gasteiger partial charge on any atom is 0.0620 e. The molecule has 82 valence electrons. The first-order valence-corrected chi connectivity index (χ1v) is 6.15. The van der Waals surface area contributed by atoms with Gasteiger partial charge in [-0.05, 0) is 50.5 Å². The van der Waals surface area contributed by atoms with Gasteiger partial charge in [0.1, 0.15) is 0 Å². The smallest absolute Gasteiger partial charge is 0.0620 e. The van der Waals surface area contributed by atoms with Gasteiger partial charge in [-0.25, -0.2) is 0 Å². The molecule has 2 aliphatic rings. The van der Waals surface area contributed by atoms with Crippen LogP contribution in [0.25, 0.3) is 0 Å². The van der Waals surface area contributed by atoms with Crippen LogP contribution in [0.4, 0.5) is 0 Å². The van der Waals surface area contributed by atoms with E-state index < -0.39 is 0 Å². The highest BCUT2D eigenvalue weighted by Crippen LogP contribution is 2.35. The van der Waals surface area contributed by atoms with E-state index in [1.165, 1.54) is 38.6 Å². The average Bonchev–Trinajstić information content (AvgIpc) is 2.61. The molecule has 0 radical (unpaired) electrons. The zero-order valence-electron chi connectivity index (χ0n) is 9.30. The third-order valence-corrected chi connectivity index (χ3v) is 3.62. The van der Waals surface area contributed by atoms with Crippen LogP contribution in [0.3, 0.4) is 0 Å². The minimum atomic E-state index is 0.648. The summed E-state index contributed by atoms with van der Waals surface area (Å²) in [6.45, 7) is 5.45. The molecule has 2 rings (SSSR count). The van der Waals surface area contributed by atoms with E-state index in [0.29, 0.717) is 6.04 Å². The number of nitrogens with one attached hydrogen (secondary N) is 1. The molecular formula is C12H23NO. The van der Waals surface area contributed by atoms with Crippen LogP contribution in [0.2, 0.25) is 0 Å². The summed E-state index contributed by atoms with van der Waals surface area (Å²) in [7, 11) is 0. The van der Waals surface area contributed by atoms with Crippen molar-refractivity contribution in [1.29, 1.82) is 0 Å². The first-order chi connectivity index (χ1) is 6.84. The first kappa shape index (κ1) is 10.4. The van der Waals surface area contributed by atoms with E-state index in [2.05, 4.69) is 12.2 Å². The summed E-state index contributed by atoms with van der Waals surface area (Å²) >= 11 is 0. The van der Waals surface area contributed by atoms with E-state index in [-0.39, 0.29) is 0 Å². The Morgan fingerprint density at radius 3 is 2.86 bits per heavy atom. The third kappa shape index (κ3) is 2.96. The lowest BCUT2D eigenvalue weighted by molar-refractivity contribution is 0.186. The number of ether oxygens (including phenoxy) is 1. The van der Waals surface area contributed by atoms with Gasteiger partial charge in [0.25, 0.3) is 0 Å². The van der Waals surface area contributed by atoms with Crippen LogP contribution in [0.5, 0.6) is 0 Å². The zero-order chi connectivity index (χ0) is 9.80. The highest BCUT2D eigenvalue weighted by Gasteiger charge is 2.24. The van der Waals surface area contributed by atoms with E-state index in [0.717, 1.165) is 25.0 Å². The second kappa shape index (κ2) is 5.13. The molecule has 0 aromatic carbocycles. The van der Waals surface area contributed by atoms with Gasteiger partial charge in [-0.1, -0.05) is 6.92 Å². The molecule has 0 aromatic heterocycles. The SMILES string of the molecule is CC1CC(CCCNC2CCOC2)C1. The number of hydrogen-bond acceptors (Lipinski definition) is 2. The maximum atomic E-state index is 5.32. The second-order valence-corrected chi connectivity index (χ2v) is 5.10. The molecular weight excluding hydrogens is 174 g/mol. The molecule has 0 amide bonds. The molecule has 2 fully saturated rings. The molecule has 1 atom stereocenters. The van der Waals surface area contributed by atoms with Crippen LogP contribution in [0.1, 0.15) is 39.0 Å². The van der Waals surface area contributed by atoms with Gasteiger partial charge in [-0.2, -0.15) is 0 Å². The quantitative estimate of drug-likeness (QED) is 0.682. The van der Waals surface area contributed by atoms with Crippen LogP contribution in [0, 0.1) is 11.8 Å². The Bertz CT molecular complexity index is 160. The van der Waals surface area contributed by atoms with E-state index in [1.807, 2.05) is 0 Å². The molecule has 0 bridgehead atoms. The van der Waals surface area contributed by atoms with Crippen molar-refractivity contribution in [3.8, 4) is 0 Å². The van der Waals surface area contributed by atoms with E-state index in [4.69, 9.17) is 4.74 Å². The van der Waals surface area contributed by atoms with Crippen LogP contribution in [-0.2, 0) is 4.74 Å². The van der Waals surface area contributed by atoms with Crippen LogP contribution in [0.15, 0.2) is 0 Å². The van der Waals surface area contributed by atoms with Gasteiger partial charge in [-0.15, -0.1) is 0 Å². The summed E-state index contributed by atoms with van der Waals surface area (Å²) in [5.74, 6) is 2.06. The van der Waals surface area contributed by atoms with Gasteiger partial charge in [0.2, 0.25) is 0 Å². The van der Waals surface area contributed by atoms with Gasteiger partial charge < -0.3 is 10.1 Å². The van der Waals surface area contributed by atoms with Crippen molar-refractivity contribution in [3.63, 3.8) is 0 Å². The molecule has 14 heavy (non-hydrogen) atoms. The summed E-state index contributed by atoms with van der Waals surface area (Å²) in [6, 6.07) is 0.648. The highest BCUT2D eigenvalue weighted by atomic mass is 16.5. The van der Waals surface area contributed by atoms with Gasteiger partial charge >= 0.3 is 0 Å².